The standard InChI is InChI=1S/C23H22F3N3O2S/c1-15-22(16(2)29(27-15)20-12-9-18(10-13-20)23(24,25)26)17-8-11-19(14-17)28-32(30,31)21-6-4-3-5-7-21/h3-13,17,19,28H,14H2,1-2H3/t17-,19-/m1/s1. The molecule has 0 radical (unpaired) electrons. The SMILES string of the molecule is Cc1nn(-c2ccc(C(F)(F)F)cc2)c(C)c1[C@@H]1C=C[C@@H](NS(=O)(=O)c2ccccc2)C1. The first-order chi connectivity index (χ1) is 15.1. The molecule has 0 aliphatic heterocycles. The summed E-state index contributed by atoms with van der Waals surface area (Å²) < 4.78 is 68.1. The molecule has 5 nitrogen and oxygen atoms in total. The van der Waals surface area contributed by atoms with Gasteiger partial charge in [0.1, 0.15) is 0 Å². The number of sulfonamides is 1. The highest BCUT2D eigenvalue weighted by molar-refractivity contribution is 7.89. The zero-order valence-corrected chi connectivity index (χ0v) is 18.3. The predicted octanol–water partition coefficient (Wildman–Crippen LogP) is 4.90. The minimum Gasteiger partial charge on any atom is -0.238 e. The lowest BCUT2D eigenvalue weighted by Crippen LogP contribution is -2.32. The summed E-state index contributed by atoms with van der Waals surface area (Å²) >= 11 is 0. The third kappa shape index (κ3) is 4.35. The van der Waals surface area contributed by atoms with Gasteiger partial charge in [-0.3, -0.25) is 0 Å². The molecule has 1 N–H and O–H groups in total. The second-order valence-electron chi connectivity index (χ2n) is 7.81. The number of allylic oxidation sites excluding steroid dienone is 1. The molecule has 168 valence electrons. The second kappa shape index (κ2) is 8.22. The molecule has 1 heterocycles. The highest BCUT2D eigenvalue weighted by Crippen LogP contribution is 2.35. The van der Waals surface area contributed by atoms with E-state index in [1.54, 1.807) is 35.0 Å². The summed E-state index contributed by atoms with van der Waals surface area (Å²) in [6.07, 6.45) is -0.0757. The van der Waals surface area contributed by atoms with Crippen LogP contribution in [0.15, 0.2) is 71.6 Å². The van der Waals surface area contributed by atoms with E-state index in [1.165, 1.54) is 12.1 Å². The molecule has 0 saturated heterocycles. The fraction of sp³-hybridized carbons (Fsp3) is 0.261. The molecule has 0 spiro atoms. The Balaban J connectivity index is 1.53. The number of aromatic nitrogens is 2. The van der Waals surface area contributed by atoms with Gasteiger partial charge in [-0.05, 0) is 56.7 Å². The summed E-state index contributed by atoms with van der Waals surface area (Å²) in [4.78, 5) is 0.208. The first kappa shape index (κ1) is 22.3. The van der Waals surface area contributed by atoms with Gasteiger partial charge in [-0.15, -0.1) is 0 Å². The Labute approximate surface area is 184 Å². The van der Waals surface area contributed by atoms with Gasteiger partial charge in [-0.2, -0.15) is 18.3 Å². The molecule has 0 saturated carbocycles. The molecule has 3 aromatic rings. The van der Waals surface area contributed by atoms with Gasteiger partial charge < -0.3 is 0 Å². The molecule has 1 aromatic heterocycles. The molecular formula is C23H22F3N3O2S. The van der Waals surface area contributed by atoms with E-state index >= 15 is 0 Å². The van der Waals surface area contributed by atoms with Gasteiger partial charge >= 0.3 is 6.18 Å². The first-order valence-corrected chi connectivity index (χ1v) is 11.5. The lowest BCUT2D eigenvalue weighted by molar-refractivity contribution is -0.137. The van der Waals surface area contributed by atoms with Crippen LogP contribution in [0.25, 0.3) is 5.69 Å². The highest BCUT2D eigenvalue weighted by atomic mass is 32.2. The van der Waals surface area contributed by atoms with Crippen molar-refractivity contribution in [3.8, 4) is 5.69 Å². The summed E-state index contributed by atoms with van der Waals surface area (Å²) in [7, 11) is -3.64. The van der Waals surface area contributed by atoms with Crippen molar-refractivity contribution in [2.24, 2.45) is 0 Å². The number of nitrogens with zero attached hydrogens (tertiary/aromatic N) is 2. The van der Waals surface area contributed by atoms with Crippen molar-refractivity contribution in [1.82, 2.24) is 14.5 Å². The Morgan fingerprint density at radius 2 is 1.66 bits per heavy atom. The van der Waals surface area contributed by atoms with Crippen LogP contribution in [0.1, 0.15) is 34.9 Å². The molecule has 2 atom stereocenters. The quantitative estimate of drug-likeness (QED) is 0.550. The van der Waals surface area contributed by atoms with Crippen molar-refractivity contribution in [2.45, 2.75) is 43.3 Å². The monoisotopic (exact) mass is 461 g/mol. The molecule has 0 bridgehead atoms. The van der Waals surface area contributed by atoms with E-state index in [0.29, 0.717) is 12.1 Å². The zero-order valence-electron chi connectivity index (χ0n) is 17.5. The minimum atomic E-state index is -4.39. The van der Waals surface area contributed by atoms with Crippen molar-refractivity contribution in [2.75, 3.05) is 0 Å². The third-order valence-electron chi connectivity index (χ3n) is 5.60. The molecule has 0 unspecified atom stereocenters. The molecular weight excluding hydrogens is 439 g/mol. The van der Waals surface area contributed by atoms with Gasteiger partial charge in [-0.1, -0.05) is 30.4 Å². The average molecular weight is 462 g/mol. The van der Waals surface area contributed by atoms with E-state index in [4.69, 9.17) is 0 Å². The lowest BCUT2D eigenvalue weighted by Gasteiger charge is -2.15. The number of hydrogen-bond donors (Lipinski definition) is 1. The van der Waals surface area contributed by atoms with E-state index < -0.39 is 21.8 Å². The topological polar surface area (TPSA) is 64.0 Å². The number of rotatable bonds is 5. The number of hydrogen-bond acceptors (Lipinski definition) is 3. The second-order valence-corrected chi connectivity index (χ2v) is 9.52. The van der Waals surface area contributed by atoms with E-state index in [0.717, 1.165) is 29.1 Å². The molecule has 4 rings (SSSR count). The molecule has 9 heteroatoms. The Bertz CT molecular complexity index is 1250. The van der Waals surface area contributed by atoms with Crippen molar-refractivity contribution in [3.05, 3.63) is 89.3 Å². The normalized spacial score (nSPS) is 18.9. The Morgan fingerprint density at radius 1 is 1.00 bits per heavy atom. The fourth-order valence-electron chi connectivity index (χ4n) is 4.10. The first-order valence-electron chi connectivity index (χ1n) is 10.1. The van der Waals surface area contributed by atoms with Gasteiger partial charge in [0.15, 0.2) is 0 Å². The van der Waals surface area contributed by atoms with E-state index in [1.807, 2.05) is 26.0 Å². The molecule has 32 heavy (non-hydrogen) atoms. The molecule has 0 fully saturated rings. The smallest absolute Gasteiger partial charge is 0.238 e. The maximum Gasteiger partial charge on any atom is 0.416 e. The summed E-state index contributed by atoms with van der Waals surface area (Å²) in [5.41, 5.74) is 2.33. The van der Waals surface area contributed by atoms with E-state index in [9.17, 15) is 21.6 Å². The van der Waals surface area contributed by atoms with Crippen LogP contribution in [0.5, 0.6) is 0 Å². The molecule has 1 aliphatic carbocycles. The van der Waals surface area contributed by atoms with Crippen molar-refractivity contribution in [1.29, 1.82) is 0 Å². The third-order valence-corrected chi connectivity index (χ3v) is 7.11. The van der Waals surface area contributed by atoms with Gasteiger partial charge in [0, 0.05) is 23.2 Å². The van der Waals surface area contributed by atoms with Crippen LogP contribution in [0, 0.1) is 13.8 Å². The average Bonchev–Trinajstić information content (AvgIpc) is 3.31. The number of alkyl halides is 3. The summed E-state index contributed by atoms with van der Waals surface area (Å²) in [6.45, 7) is 3.71. The van der Waals surface area contributed by atoms with Crippen molar-refractivity contribution in [3.63, 3.8) is 0 Å². The largest absolute Gasteiger partial charge is 0.416 e. The molecule has 1 aliphatic rings. The number of benzene rings is 2. The number of aryl methyl sites for hydroxylation is 1. The summed E-state index contributed by atoms with van der Waals surface area (Å²) in [6, 6.07) is 12.7. The van der Waals surface area contributed by atoms with Crippen LogP contribution in [0.3, 0.4) is 0 Å². The summed E-state index contributed by atoms with van der Waals surface area (Å²) in [5.74, 6) is -0.0540. The van der Waals surface area contributed by atoms with Gasteiger partial charge in [0.25, 0.3) is 0 Å². The fourth-order valence-corrected chi connectivity index (χ4v) is 5.33. The van der Waals surface area contributed by atoms with Crippen LogP contribution >= 0.6 is 0 Å². The maximum atomic E-state index is 12.9. The van der Waals surface area contributed by atoms with E-state index in [2.05, 4.69) is 9.82 Å². The van der Waals surface area contributed by atoms with E-state index in [-0.39, 0.29) is 16.9 Å². The maximum absolute atomic E-state index is 12.9. The highest BCUT2D eigenvalue weighted by Gasteiger charge is 2.31. The van der Waals surface area contributed by atoms with Crippen LogP contribution < -0.4 is 4.72 Å². The lowest BCUT2D eigenvalue weighted by atomic mass is 9.96. The molecule has 0 amide bonds. The van der Waals surface area contributed by atoms with Crippen LogP contribution in [0.2, 0.25) is 0 Å². The van der Waals surface area contributed by atoms with Crippen LogP contribution in [-0.4, -0.2) is 24.2 Å². The number of nitrogens with one attached hydrogen (secondary N) is 1. The molecule has 2 aromatic carbocycles. The summed E-state index contributed by atoms with van der Waals surface area (Å²) in [5, 5.41) is 4.53. The van der Waals surface area contributed by atoms with Gasteiger partial charge in [0.05, 0.1) is 21.8 Å². The van der Waals surface area contributed by atoms with Crippen molar-refractivity contribution < 1.29 is 21.6 Å². The van der Waals surface area contributed by atoms with Crippen LogP contribution in [0.4, 0.5) is 13.2 Å². The van der Waals surface area contributed by atoms with Crippen molar-refractivity contribution >= 4 is 10.0 Å². The Morgan fingerprint density at radius 3 is 2.28 bits per heavy atom. The Hall–Kier alpha value is -2.91. The van der Waals surface area contributed by atoms with Gasteiger partial charge in [-0.25, -0.2) is 17.8 Å². The van der Waals surface area contributed by atoms with Gasteiger partial charge in [0.2, 0.25) is 10.0 Å². The van der Waals surface area contributed by atoms with Crippen LogP contribution in [-0.2, 0) is 16.2 Å². The predicted molar refractivity (Wildman–Crippen MR) is 115 cm³/mol. The zero-order chi connectivity index (χ0) is 23.1. The Kier molecular flexibility index (Phi) is 5.72. The number of halogens is 3. The minimum absolute atomic E-state index is 0.0540.